The zero-order chi connectivity index (χ0) is 15.5. The number of hydrogen-bond acceptors (Lipinski definition) is 4. The molecule has 2 rings (SSSR count). The second kappa shape index (κ2) is 6.55. The molecule has 7 heteroatoms. The highest BCUT2D eigenvalue weighted by molar-refractivity contribution is 7.89. The van der Waals surface area contributed by atoms with Gasteiger partial charge in [0.05, 0.1) is 11.5 Å². The topological polar surface area (TPSA) is 75.7 Å². The van der Waals surface area contributed by atoms with Crippen LogP contribution in [-0.2, 0) is 19.6 Å². The van der Waals surface area contributed by atoms with E-state index >= 15 is 0 Å². The summed E-state index contributed by atoms with van der Waals surface area (Å²) in [6.45, 7) is 2.97. The van der Waals surface area contributed by atoms with Gasteiger partial charge < -0.3 is 9.64 Å². The Labute approximate surface area is 125 Å². The van der Waals surface area contributed by atoms with Crippen molar-refractivity contribution < 1.29 is 17.9 Å². The molecule has 21 heavy (non-hydrogen) atoms. The van der Waals surface area contributed by atoms with Crippen LogP contribution in [0.1, 0.15) is 18.4 Å². The van der Waals surface area contributed by atoms with Crippen LogP contribution in [-0.4, -0.2) is 41.1 Å². The summed E-state index contributed by atoms with van der Waals surface area (Å²) in [5.74, 6) is 0.0863. The number of nitrogens with one attached hydrogen (secondary N) is 1. The molecular weight excluding hydrogens is 292 g/mol. The number of rotatable bonds is 6. The Balaban J connectivity index is 2.21. The molecule has 0 aliphatic carbocycles. The highest BCUT2D eigenvalue weighted by Gasteiger charge is 2.23. The number of sulfonamides is 1. The quantitative estimate of drug-likeness (QED) is 0.797. The third-order valence-electron chi connectivity index (χ3n) is 3.43. The number of ether oxygens (including phenoxy) is 1. The van der Waals surface area contributed by atoms with Crippen molar-refractivity contribution in [1.29, 1.82) is 0 Å². The van der Waals surface area contributed by atoms with Crippen LogP contribution in [0.2, 0.25) is 0 Å². The van der Waals surface area contributed by atoms with Crippen molar-refractivity contribution in [3.05, 3.63) is 23.8 Å². The number of aryl methyl sites for hydroxylation is 1. The number of anilines is 1. The first-order chi connectivity index (χ1) is 9.95. The van der Waals surface area contributed by atoms with Crippen LogP contribution < -0.4 is 9.62 Å². The van der Waals surface area contributed by atoms with Crippen molar-refractivity contribution in [3.63, 3.8) is 0 Å². The maximum atomic E-state index is 12.2. The smallest absolute Gasteiger partial charge is 0.240 e. The fourth-order valence-corrected chi connectivity index (χ4v) is 3.62. The molecular formula is C14H20N2O4S. The zero-order valence-electron chi connectivity index (χ0n) is 12.3. The van der Waals surface area contributed by atoms with Crippen molar-refractivity contribution >= 4 is 21.6 Å². The molecule has 1 heterocycles. The molecule has 1 saturated heterocycles. The van der Waals surface area contributed by atoms with Crippen molar-refractivity contribution in [1.82, 2.24) is 4.72 Å². The van der Waals surface area contributed by atoms with Crippen molar-refractivity contribution in [2.75, 3.05) is 31.7 Å². The Morgan fingerprint density at radius 2 is 2.14 bits per heavy atom. The minimum Gasteiger partial charge on any atom is -0.383 e. The summed E-state index contributed by atoms with van der Waals surface area (Å²) in [4.78, 5) is 13.7. The van der Waals surface area contributed by atoms with Gasteiger partial charge >= 0.3 is 0 Å². The van der Waals surface area contributed by atoms with E-state index in [-0.39, 0.29) is 17.3 Å². The Morgan fingerprint density at radius 3 is 2.71 bits per heavy atom. The van der Waals surface area contributed by atoms with E-state index < -0.39 is 10.0 Å². The molecule has 6 nitrogen and oxygen atoms in total. The van der Waals surface area contributed by atoms with Crippen LogP contribution in [0.4, 0.5) is 5.69 Å². The number of amides is 1. The molecule has 0 bridgehead atoms. The van der Waals surface area contributed by atoms with E-state index in [2.05, 4.69) is 4.72 Å². The Hall–Kier alpha value is -1.44. The second-order valence-corrected chi connectivity index (χ2v) is 6.72. The molecule has 1 aliphatic heterocycles. The van der Waals surface area contributed by atoms with Crippen LogP contribution in [0.25, 0.3) is 0 Å². The maximum absolute atomic E-state index is 12.2. The summed E-state index contributed by atoms with van der Waals surface area (Å²) in [7, 11) is -2.04. The third-order valence-corrected chi connectivity index (χ3v) is 5.05. The number of carbonyl (C=O) groups excluding carboxylic acids is 1. The van der Waals surface area contributed by atoms with E-state index in [1.807, 2.05) is 0 Å². The van der Waals surface area contributed by atoms with Crippen molar-refractivity contribution in [2.24, 2.45) is 0 Å². The summed E-state index contributed by atoms with van der Waals surface area (Å²) in [5, 5.41) is 0. The standard InChI is InChI=1S/C14H20N2O4S/c1-11-10-12(16-8-3-4-14(16)17)5-6-13(11)21(18,19)15-7-9-20-2/h5-6,10,15H,3-4,7-9H2,1-2H3. The Kier molecular flexibility index (Phi) is 4.97. The van der Waals surface area contributed by atoms with Gasteiger partial charge in [0.25, 0.3) is 0 Å². The van der Waals surface area contributed by atoms with Crippen molar-refractivity contribution in [2.45, 2.75) is 24.7 Å². The van der Waals surface area contributed by atoms with Gasteiger partial charge in [0.1, 0.15) is 0 Å². The molecule has 1 aromatic carbocycles. The lowest BCUT2D eigenvalue weighted by atomic mass is 10.2. The summed E-state index contributed by atoms with van der Waals surface area (Å²) in [5.41, 5.74) is 1.38. The van der Waals surface area contributed by atoms with Gasteiger partial charge in [-0.05, 0) is 37.1 Å². The van der Waals surface area contributed by atoms with Gasteiger partial charge in [-0.25, -0.2) is 13.1 Å². The van der Waals surface area contributed by atoms with E-state index in [1.54, 1.807) is 30.0 Å². The predicted molar refractivity (Wildman–Crippen MR) is 79.8 cm³/mol. The minimum atomic E-state index is -3.55. The minimum absolute atomic E-state index is 0.0863. The van der Waals surface area contributed by atoms with Gasteiger partial charge in [-0.3, -0.25) is 4.79 Å². The largest absolute Gasteiger partial charge is 0.383 e. The second-order valence-electron chi connectivity index (χ2n) is 4.99. The molecule has 0 spiro atoms. The summed E-state index contributed by atoms with van der Waals surface area (Å²) < 4.78 is 31.7. The molecule has 1 aromatic rings. The first-order valence-corrected chi connectivity index (χ1v) is 8.33. The number of benzene rings is 1. The van der Waals surface area contributed by atoms with Crippen LogP contribution in [0.3, 0.4) is 0 Å². The number of hydrogen-bond donors (Lipinski definition) is 1. The number of carbonyl (C=O) groups is 1. The molecule has 116 valence electrons. The average Bonchev–Trinajstić information content (AvgIpc) is 2.84. The SMILES string of the molecule is COCCNS(=O)(=O)c1ccc(N2CCCC2=O)cc1C. The molecule has 0 unspecified atom stereocenters. The highest BCUT2D eigenvalue weighted by atomic mass is 32.2. The summed E-state index contributed by atoms with van der Waals surface area (Å²) in [6, 6.07) is 4.97. The van der Waals surface area contributed by atoms with E-state index in [1.165, 1.54) is 7.11 Å². The van der Waals surface area contributed by atoms with Crippen LogP contribution in [0.5, 0.6) is 0 Å². The summed E-state index contributed by atoms with van der Waals surface area (Å²) >= 11 is 0. The molecule has 1 amide bonds. The fourth-order valence-electron chi connectivity index (χ4n) is 2.38. The van der Waals surface area contributed by atoms with Gasteiger partial charge in [-0.2, -0.15) is 0 Å². The maximum Gasteiger partial charge on any atom is 0.240 e. The lowest BCUT2D eigenvalue weighted by Gasteiger charge is -2.17. The third kappa shape index (κ3) is 3.61. The fraction of sp³-hybridized carbons (Fsp3) is 0.500. The van der Waals surface area contributed by atoms with Gasteiger partial charge in [0, 0.05) is 32.3 Å². The molecule has 0 saturated carbocycles. The van der Waals surface area contributed by atoms with E-state index in [0.29, 0.717) is 25.1 Å². The Morgan fingerprint density at radius 1 is 1.38 bits per heavy atom. The first-order valence-electron chi connectivity index (χ1n) is 6.85. The molecule has 0 aromatic heterocycles. The van der Waals surface area contributed by atoms with Gasteiger partial charge in [-0.15, -0.1) is 0 Å². The molecule has 0 radical (unpaired) electrons. The van der Waals surface area contributed by atoms with E-state index in [4.69, 9.17) is 4.74 Å². The predicted octanol–water partition coefficient (Wildman–Crippen LogP) is 1.05. The van der Waals surface area contributed by atoms with Gasteiger partial charge in [-0.1, -0.05) is 0 Å². The number of methoxy groups -OCH3 is 1. The lowest BCUT2D eigenvalue weighted by molar-refractivity contribution is -0.117. The van der Waals surface area contributed by atoms with Gasteiger partial charge in [0.15, 0.2) is 0 Å². The molecule has 0 atom stereocenters. The first kappa shape index (κ1) is 15.9. The van der Waals surface area contributed by atoms with Gasteiger partial charge in [0.2, 0.25) is 15.9 Å². The molecule has 1 fully saturated rings. The average molecular weight is 312 g/mol. The van der Waals surface area contributed by atoms with Crippen LogP contribution >= 0.6 is 0 Å². The lowest BCUT2D eigenvalue weighted by Crippen LogP contribution is -2.28. The Bertz CT molecular complexity index is 628. The van der Waals surface area contributed by atoms with E-state index in [9.17, 15) is 13.2 Å². The van der Waals surface area contributed by atoms with Crippen LogP contribution in [0.15, 0.2) is 23.1 Å². The summed E-state index contributed by atoms with van der Waals surface area (Å²) in [6.07, 6.45) is 1.40. The van der Waals surface area contributed by atoms with Crippen LogP contribution in [0, 0.1) is 6.92 Å². The van der Waals surface area contributed by atoms with Crippen molar-refractivity contribution in [3.8, 4) is 0 Å². The monoisotopic (exact) mass is 312 g/mol. The number of nitrogens with zero attached hydrogens (tertiary/aromatic N) is 1. The zero-order valence-corrected chi connectivity index (χ0v) is 13.1. The molecule has 1 aliphatic rings. The molecule has 1 N–H and O–H groups in total. The highest BCUT2D eigenvalue weighted by Crippen LogP contribution is 2.25. The normalized spacial score (nSPS) is 15.7. The van der Waals surface area contributed by atoms with E-state index in [0.717, 1.165) is 12.1 Å².